The van der Waals surface area contributed by atoms with E-state index < -0.39 is 0 Å². The molecular weight excluding hydrogens is 352 g/mol. The van der Waals surface area contributed by atoms with Gasteiger partial charge in [0.05, 0.1) is 24.0 Å². The molecule has 1 aromatic carbocycles. The minimum absolute atomic E-state index is 0.115. The molecular formula is C19H23ClN4O2. The molecule has 0 radical (unpaired) electrons. The van der Waals surface area contributed by atoms with E-state index in [0.717, 1.165) is 29.7 Å². The van der Waals surface area contributed by atoms with Gasteiger partial charge < -0.3 is 15.4 Å². The van der Waals surface area contributed by atoms with Gasteiger partial charge >= 0.3 is 0 Å². The predicted octanol–water partition coefficient (Wildman–Crippen LogP) is 2.74. The van der Waals surface area contributed by atoms with Crippen molar-refractivity contribution in [3.05, 3.63) is 40.7 Å². The first kappa shape index (κ1) is 18.6. The maximum Gasteiger partial charge on any atom is 0.237 e. The molecule has 1 fully saturated rings. The lowest BCUT2D eigenvalue weighted by Gasteiger charge is -2.13. The number of amides is 1. The van der Waals surface area contributed by atoms with Crippen molar-refractivity contribution in [1.82, 2.24) is 20.6 Å². The number of rotatable bonds is 7. The quantitative estimate of drug-likeness (QED) is 0.779. The maximum atomic E-state index is 11.2. The van der Waals surface area contributed by atoms with Gasteiger partial charge in [-0.3, -0.25) is 9.78 Å². The molecule has 1 aliphatic rings. The third kappa shape index (κ3) is 4.14. The van der Waals surface area contributed by atoms with E-state index in [2.05, 4.69) is 27.5 Å². The molecule has 138 valence electrons. The zero-order chi connectivity index (χ0) is 18.5. The van der Waals surface area contributed by atoms with Crippen LogP contribution in [0.3, 0.4) is 0 Å². The Bertz CT molecular complexity index is 797. The van der Waals surface area contributed by atoms with Crippen molar-refractivity contribution >= 4 is 17.5 Å². The number of aromatic nitrogens is 2. The second-order valence-corrected chi connectivity index (χ2v) is 6.66. The molecule has 1 atom stereocenters. The number of carbonyl (C=O) groups is 1. The Hall–Kier alpha value is -2.18. The summed E-state index contributed by atoms with van der Waals surface area (Å²) in [6, 6.07) is 6.10. The summed E-state index contributed by atoms with van der Waals surface area (Å²) in [6.07, 6.45) is 4.04. The fourth-order valence-corrected chi connectivity index (χ4v) is 3.41. The number of benzene rings is 1. The van der Waals surface area contributed by atoms with Crippen LogP contribution in [0.2, 0.25) is 5.02 Å². The smallest absolute Gasteiger partial charge is 0.237 e. The van der Waals surface area contributed by atoms with E-state index in [1.54, 1.807) is 13.3 Å². The van der Waals surface area contributed by atoms with Crippen molar-refractivity contribution in [2.75, 3.05) is 13.7 Å². The number of hydrogen-bond acceptors (Lipinski definition) is 5. The summed E-state index contributed by atoms with van der Waals surface area (Å²) in [7, 11) is 1.58. The van der Waals surface area contributed by atoms with Gasteiger partial charge in [0.1, 0.15) is 5.69 Å². The molecule has 0 spiro atoms. The Balaban J connectivity index is 1.72. The number of methoxy groups -OCH3 is 1. The van der Waals surface area contributed by atoms with Crippen LogP contribution in [0.15, 0.2) is 24.4 Å². The van der Waals surface area contributed by atoms with Crippen LogP contribution in [-0.2, 0) is 17.8 Å². The minimum atomic E-state index is 0.115. The zero-order valence-electron chi connectivity index (χ0n) is 15.0. The number of carbonyl (C=O) groups excluding carboxylic acids is 1. The predicted molar refractivity (Wildman–Crippen MR) is 101 cm³/mol. The van der Waals surface area contributed by atoms with Crippen molar-refractivity contribution < 1.29 is 9.53 Å². The third-order valence-electron chi connectivity index (χ3n) is 4.51. The highest BCUT2D eigenvalue weighted by Gasteiger charge is 2.20. The summed E-state index contributed by atoms with van der Waals surface area (Å²) in [5.41, 5.74) is 3.34. The normalized spacial score (nSPS) is 16.6. The van der Waals surface area contributed by atoms with E-state index in [0.29, 0.717) is 36.1 Å². The Morgan fingerprint density at radius 2 is 2.27 bits per heavy atom. The molecule has 1 saturated heterocycles. The molecule has 0 bridgehead atoms. The monoisotopic (exact) mass is 374 g/mol. The number of halogens is 1. The van der Waals surface area contributed by atoms with Crippen LogP contribution >= 0.6 is 11.6 Å². The summed E-state index contributed by atoms with van der Waals surface area (Å²) in [5, 5.41) is 6.94. The van der Waals surface area contributed by atoms with Crippen molar-refractivity contribution in [1.29, 1.82) is 0 Å². The van der Waals surface area contributed by atoms with Crippen molar-refractivity contribution in [2.24, 2.45) is 0 Å². The molecule has 3 rings (SSSR count). The molecule has 1 aliphatic heterocycles. The maximum absolute atomic E-state index is 11.2. The summed E-state index contributed by atoms with van der Waals surface area (Å²) in [5.74, 6) is 0.591. The lowest BCUT2D eigenvalue weighted by Crippen LogP contribution is -2.35. The first-order chi connectivity index (χ1) is 12.6. The summed E-state index contributed by atoms with van der Waals surface area (Å²) in [4.78, 5) is 20.3. The average molecular weight is 375 g/mol. The van der Waals surface area contributed by atoms with Crippen LogP contribution in [0.25, 0.3) is 11.3 Å². The van der Waals surface area contributed by atoms with Gasteiger partial charge in [-0.1, -0.05) is 36.7 Å². The summed E-state index contributed by atoms with van der Waals surface area (Å²) >= 11 is 6.49. The number of nitrogens with zero attached hydrogens (tertiary/aromatic N) is 2. The third-order valence-corrected chi connectivity index (χ3v) is 4.95. The molecule has 2 heterocycles. The average Bonchev–Trinajstić information content (AvgIpc) is 3.07. The fraction of sp³-hybridized carbons (Fsp3) is 0.421. The SMILES string of the molecule is CCc1cccc(-c2cnc(CNC[C@@H]3CCC(=O)N3)c(OC)n2)c1Cl. The standard InChI is InChI=1S/C19H23ClN4O2/c1-3-12-5-4-6-14(18(12)20)15-11-22-16(19(24-15)26-2)10-21-9-13-7-8-17(25)23-13/h4-6,11,13,21H,3,7-10H2,1-2H3,(H,23,25)/t13-/m0/s1. The van der Waals surface area contributed by atoms with Crippen molar-refractivity contribution in [3.63, 3.8) is 0 Å². The Morgan fingerprint density at radius 1 is 1.42 bits per heavy atom. The van der Waals surface area contributed by atoms with Gasteiger partial charge in [-0.05, 0) is 18.4 Å². The van der Waals surface area contributed by atoms with E-state index >= 15 is 0 Å². The van der Waals surface area contributed by atoms with E-state index in [9.17, 15) is 4.79 Å². The lowest BCUT2D eigenvalue weighted by atomic mass is 10.1. The van der Waals surface area contributed by atoms with Crippen molar-refractivity contribution in [2.45, 2.75) is 38.8 Å². The van der Waals surface area contributed by atoms with Gasteiger partial charge in [0.15, 0.2) is 0 Å². The van der Waals surface area contributed by atoms with Crippen LogP contribution < -0.4 is 15.4 Å². The molecule has 0 aliphatic carbocycles. The highest BCUT2D eigenvalue weighted by molar-refractivity contribution is 6.34. The summed E-state index contributed by atoms with van der Waals surface area (Å²) < 4.78 is 5.42. The van der Waals surface area contributed by atoms with Crippen LogP contribution in [0.4, 0.5) is 0 Å². The highest BCUT2D eigenvalue weighted by Crippen LogP contribution is 2.31. The second-order valence-electron chi connectivity index (χ2n) is 6.28. The number of hydrogen-bond donors (Lipinski definition) is 2. The molecule has 1 aromatic heterocycles. The highest BCUT2D eigenvalue weighted by atomic mass is 35.5. The topological polar surface area (TPSA) is 76.1 Å². The summed E-state index contributed by atoms with van der Waals surface area (Å²) in [6.45, 7) is 3.28. The van der Waals surface area contributed by atoms with Crippen LogP contribution in [0, 0.1) is 0 Å². The van der Waals surface area contributed by atoms with Crippen LogP contribution in [0.1, 0.15) is 31.0 Å². The zero-order valence-corrected chi connectivity index (χ0v) is 15.8. The Labute approximate surface area is 158 Å². The molecule has 2 aromatic rings. The van der Waals surface area contributed by atoms with Gasteiger partial charge in [0, 0.05) is 31.1 Å². The number of ether oxygens (including phenoxy) is 1. The second kappa shape index (κ2) is 8.47. The van der Waals surface area contributed by atoms with Gasteiger partial charge in [-0.15, -0.1) is 0 Å². The van der Waals surface area contributed by atoms with Gasteiger partial charge in [-0.25, -0.2) is 4.98 Å². The van der Waals surface area contributed by atoms with E-state index in [-0.39, 0.29) is 11.9 Å². The van der Waals surface area contributed by atoms with Gasteiger partial charge in [0.25, 0.3) is 0 Å². The molecule has 7 heteroatoms. The lowest BCUT2D eigenvalue weighted by molar-refractivity contribution is -0.119. The molecule has 1 amide bonds. The molecule has 26 heavy (non-hydrogen) atoms. The Morgan fingerprint density at radius 3 is 2.96 bits per heavy atom. The Kier molecular flexibility index (Phi) is 6.06. The van der Waals surface area contributed by atoms with Crippen molar-refractivity contribution in [3.8, 4) is 17.1 Å². The van der Waals surface area contributed by atoms with E-state index in [1.165, 1.54) is 0 Å². The molecule has 0 unspecified atom stereocenters. The number of aryl methyl sites for hydroxylation is 1. The molecule has 6 nitrogen and oxygen atoms in total. The molecule has 2 N–H and O–H groups in total. The van der Waals surface area contributed by atoms with Gasteiger partial charge in [-0.2, -0.15) is 0 Å². The fourth-order valence-electron chi connectivity index (χ4n) is 3.06. The van der Waals surface area contributed by atoms with E-state index in [1.807, 2.05) is 18.2 Å². The van der Waals surface area contributed by atoms with E-state index in [4.69, 9.17) is 16.3 Å². The number of nitrogens with one attached hydrogen (secondary N) is 2. The van der Waals surface area contributed by atoms with Crippen LogP contribution in [0.5, 0.6) is 5.88 Å². The van der Waals surface area contributed by atoms with Gasteiger partial charge in [0.2, 0.25) is 11.8 Å². The first-order valence-electron chi connectivity index (χ1n) is 8.80. The van der Waals surface area contributed by atoms with Crippen LogP contribution in [-0.4, -0.2) is 35.6 Å². The first-order valence-corrected chi connectivity index (χ1v) is 9.18. The largest absolute Gasteiger partial charge is 0.480 e. The molecule has 0 saturated carbocycles. The minimum Gasteiger partial charge on any atom is -0.480 e.